The Labute approximate surface area is 164 Å². The molecule has 1 aliphatic rings. The zero-order valence-electron chi connectivity index (χ0n) is 15.0. The van der Waals surface area contributed by atoms with E-state index in [0.717, 1.165) is 10.7 Å². The molecule has 3 heterocycles. The van der Waals surface area contributed by atoms with Crippen LogP contribution in [0.4, 0.5) is 5.13 Å². The predicted octanol–water partition coefficient (Wildman–Crippen LogP) is 0.412. The number of aromatic amines is 2. The van der Waals surface area contributed by atoms with Crippen LogP contribution in [0.15, 0.2) is 40.5 Å². The summed E-state index contributed by atoms with van der Waals surface area (Å²) in [6, 6.07) is 9.88. The molecule has 1 saturated heterocycles. The number of nitrogens with zero attached hydrogens (tertiary/aromatic N) is 3. The molecule has 0 unspecified atom stereocenters. The summed E-state index contributed by atoms with van der Waals surface area (Å²) in [6.45, 7) is 1.12. The van der Waals surface area contributed by atoms with E-state index >= 15 is 0 Å². The molecule has 1 fully saturated rings. The quantitative estimate of drug-likeness (QED) is 0.455. The molecule has 0 atom stereocenters. The lowest BCUT2D eigenvalue weighted by Crippen LogP contribution is -2.64. The number of rotatable bonds is 7. The fourth-order valence-electron chi connectivity index (χ4n) is 3.40. The fraction of sp³-hybridized carbons (Fsp3) is 0.333. The number of carbonyl (C=O) groups is 1. The van der Waals surface area contributed by atoms with Gasteiger partial charge in [-0.25, -0.2) is 14.9 Å². The van der Waals surface area contributed by atoms with Gasteiger partial charge < -0.3 is 15.3 Å². The van der Waals surface area contributed by atoms with Crippen molar-refractivity contribution in [3.05, 3.63) is 63.3 Å². The molecule has 1 aliphatic heterocycles. The molecule has 1 aromatic carbocycles. The van der Waals surface area contributed by atoms with Gasteiger partial charge >= 0.3 is 5.69 Å². The topological polar surface area (TPSA) is 127 Å². The second kappa shape index (κ2) is 7.56. The second-order valence-electron chi connectivity index (χ2n) is 6.89. The summed E-state index contributed by atoms with van der Waals surface area (Å²) in [5.74, 6) is 0.298. The van der Waals surface area contributed by atoms with Crippen LogP contribution in [0.25, 0.3) is 0 Å². The minimum atomic E-state index is -0.594. The number of benzene rings is 1. The highest BCUT2D eigenvalue weighted by atomic mass is 32.1. The molecule has 2 aromatic heterocycles. The van der Waals surface area contributed by atoms with Crippen LogP contribution < -0.4 is 15.9 Å². The molecule has 4 rings (SSSR count). The van der Waals surface area contributed by atoms with Crippen molar-refractivity contribution in [2.45, 2.75) is 19.6 Å². The predicted molar refractivity (Wildman–Crippen MR) is 104 cm³/mol. The largest absolute Gasteiger partial charge is 0.390 e. The Morgan fingerprint density at radius 2 is 2.11 bits per heavy atom. The summed E-state index contributed by atoms with van der Waals surface area (Å²) in [5.41, 5.74) is 0.720. The number of hydrogen-bond acceptors (Lipinski definition) is 7. The molecule has 0 saturated carbocycles. The number of carbonyl (C=O) groups excluding carboxylic acids is 1. The lowest BCUT2D eigenvalue weighted by atomic mass is 9.74. The highest BCUT2D eigenvalue weighted by Gasteiger charge is 2.50. The van der Waals surface area contributed by atoms with Crippen LogP contribution in [0.3, 0.4) is 0 Å². The van der Waals surface area contributed by atoms with E-state index in [1.165, 1.54) is 11.3 Å². The van der Waals surface area contributed by atoms with E-state index in [4.69, 9.17) is 0 Å². The van der Waals surface area contributed by atoms with Gasteiger partial charge in [-0.05, 0) is 12.0 Å². The van der Waals surface area contributed by atoms with E-state index in [9.17, 15) is 14.7 Å². The first-order chi connectivity index (χ1) is 13.6. The Balaban J connectivity index is 1.49. The number of thiazole rings is 1. The lowest BCUT2D eigenvalue weighted by molar-refractivity contribution is -0.132. The van der Waals surface area contributed by atoms with E-state index in [2.05, 4.69) is 25.5 Å². The fourth-order valence-corrected chi connectivity index (χ4v) is 4.21. The first-order valence-corrected chi connectivity index (χ1v) is 9.72. The van der Waals surface area contributed by atoms with Gasteiger partial charge in [0.25, 0.3) is 0 Å². The molecule has 4 N–H and O–H groups in total. The molecule has 1 amide bonds. The van der Waals surface area contributed by atoms with Crippen molar-refractivity contribution >= 4 is 22.4 Å². The molecule has 28 heavy (non-hydrogen) atoms. The number of nitrogens with one attached hydrogen (secondary N) is 3. The molecule has 0 bridgehead atoms. The number of anilines is 1. The molecule has 0 spiro atoms. The van der Waals surface area contributed by atoms with Crippen LogP contribution in [-0.2, 0) is 24.4 Å². The number of aliphatic hydroxyl groups is 1. The van der Waals surface area contributed by atoms with Gasteiger partial charge in [0.2, 0.25) is 5.91 Å². The van der Waals surface area contributed by atoms with E-state index in [1.54, 1.807) is 0 Å². The molecule has 10 heteroatoms. The maximum atomic E-state index is 13.0. The zero-order valence-corrected chi connectivity index (χ0v) is 15.8. The highest BCUT2D eigenvalue weighted by molar-refractivity contribution is 7.13. The number of hydrogen-bond donors (Lipinski definition) is 4. The average molecular weight is 400 g/mol. The average Bonchev–Trinajstić information content (AvgIpc) is 3.32. The van der Waals surface area contributed by atoms with Crippen molar-refractivity contribution in [1.82, 2.24) is 25.5 Å². The second-order valence-corrected chi connectivity index (χ2v) is 7.72. The zero-order chi connectivity index (χ0) is 19.6. The molecular weight excluding hydrogens is 380 g/mol. The van der Waals surface area contributed by atoms with Crippen LogP contribution in [-0.4, -0.2) is 44.3 Å². The Morgan fingerprint density at radius 1 is 1.32 bits per heavy atom. The van der Waals surface area contributed by atoms with Crippen molar-refractivity contribution in [3.8, 4) is 0 Å². The van der Waals surface area contributed by atoms with Crippen molar-refractivity contribution < 1.29 is 9.90 Å². The summed E-state index contributed by atoms with van der Waals surface area (Å²) >= 11 is 1.46. The van der Waals surface area contributed by atoms with Crippen LogP contribution >= 0.6 is 11.3 Å². The van der Waals surface area contributed by atoms with Crippen molar-refractivity contribution in [3.63, 3.8) is 0 Å². The third-order valence-corrected chi connectivity index (χ3v) is 5.74. The maximum Gasteiger partial charge on any atom is 0.340 e. The Morgan fingerprint density at radius 3 is 2.75 bits per heavy atom. The van der Waals surface area contributed by atoms with Crippen LogP contribution in [0.5, 0.6) is 0 Å². The lowest BCUT2D eigenvalue weighted by Gasteiger charge is -2.49. The summed E-state index contributed by atoms with van der Waals surface area (Å²) in [4.78, 5) is 33.2. The van der Waals surface area contributed by atoms with E-state index in [1.807, 2.05) is 40.6 Å². The normalized spacial score (nSPS) is 15.2. The van der Waals surface area contributed by atoms with Gasteiger partial charge in [-0.1, -0.05) is 30.3 Å². The van der Waals surface area contributed by atoms with Crippen LogP contribution in [0.2, 0.25) is 0 Å². The van der Waals surface area contributed by atoms with E-state index in [-0.39, 0.29) is 19.1 Å². The monoisotopic (exact) mass is 400 g/mol. The smallest absolute Gasteiger partial charge is 0.340 e. The SMILES string of the molecule is O=C(NCc1n[nH]c(=O)[nH]1)C1(Cc2ccccc2)CN(c2nc(CO)cs2)C1. The maximum absolute atomic E-state index is 13.0. The van der Waals surface area contributed by atoms with Crippen LogP contribution in [0, 0.1) is 5.41 Å². The number of amides is 1. The number of H-pyrrole nitrogens is 2. The summed E-state index contributed by atoms with van der Waals surface area (Å²) in [7, 11) is 0. The highest BCUT2D eigenvalue weighted by Crippen LogP contribution is 2.39. The molecule has 0 radical (unpaired) electrons. The van der Waals surface area contributed by atoms with E-state index < -0.39 is 11.1 Å². The van der Waals surface area contributed by atoms with Gasteiger partial charge in [0, 0.05) is 18.5 Å². The Bertz CT molecular complexity index is 1010. The third-order valence-electron chi connectivity index (χ3n) is 4.79. The molecular formula is C18H20N6O3S. The van der Waals surface area contributed by atoms with Gasteiger partial charge in [-0.3, -0.25) is 9.78 Å². The minimum Gasteiger partial charge on any atom is -0.390 e. The summed E-state index contributed by atoms with van der Waals surface area (Å²) in [5, 5.41) is 20.8. The van der Waals surface area contributed by atoms with Crippen molar-refractivity contribution in [2.24, 2.45) is 5.41 Å². The summed E-state index contributed by atoms with van der Waals surface area (Å²) < 4.78 is 0. The first-order valence-electron chi connectivity index (χ1n) is 8.84. The molecule has 3 aromatic rings. The Kier molecular flexibility index (Phi) is 4.97. The third kappa shape index (κ3) is 3.69. The molecule has 9 nitrogen and oxygen atoms in total. The summed E-state index contributed by atoms with van der Waals surface area (Å²) in [6.07, 6.45) is 0.603. The van der Waals surface area contributed by atoms with Crippen LogP contribution in [0.1, 0.15) is 17.1 Å². The van der Waals surface area contributed by atoms with Gasteiger partial charge in [-0.15, -0.1) is 11.3 Å². The van der Waals surface area contributed by atoms with Gasteiger partial charge in [-0.2, -0.15) is 5.10 Å². The van der Waals surface area contributed by atoms with Gasteiger partial charge in [0.05, 0.1) is 24.3 Å². The number of aliphatic hydroxyl groups excluding tert-OH is 1. The van der Waals surface area contributed by atoms with Crippen molar-refractivity contribution in [1.29, 1.82) is 0 Å². The van der Waals surface area contributed by atoms with Gasteiger partial charge in [0.1, 0.15) is 5.82 Å². The Hall–Kier alpha value is -2.98. The number of aromatic nitrogens is 4. The van der Waals surface area contributed by atoms with E-state index in [0.29, 0.717) is 31.0 Å². The molecule has 146 valence electrons. The van der Waals surface area contributed by atoms with Crippen molar-refractivity contribution in [2.75, 3.05) is 18.0 Å². The molecule has 0 aliphatic carbocycles. The minimum absolute atomic E-state index is 0.0876. The standard InChI is InChI=1S/C18H20N6O3S/c25-8-13-9-28-17(20-13)24-10-18(11-24,6-12-4-2-1-3-5-12)15(26)19-7-14-21-16(27)23-22-14/h1-5,9,25H,6-8,10-11H2,(H,19,26)(H2,21,22,23,27). The van der Waals surface area contributed by atoms with Gasteiger partial charge in [0.15, 0.2) is 5.13 Å². The first kappa shape index (κ1) is 18.4.